The van der Waals surface area contributed by atoms with Crippen LogP contribution in [0.5, 0.6) is 17.2 Å². The normalized spacial score (nSPS) is 11.6. The van der Waals surface area contributed by atoms with Gasteiger partial charge in [-0.05, 0) is 31.9 Å². The summed E-state index contributed by atoms with van der Waals surface area (Å²) in [5.41, 5.74) is 2.87. The van der Waals surface area contributed by atoms with Gasteiger partial charge in [0.05, 0.1) is 21.3 Å². The second-order valence-corrected chi connectivity index (χ2v) is 9.30. The lowest BCUT2D eigenvalue weighted by Gasteiger charge is -2.19. The molecule has 0 aliphatic heterocycles. The number of ether oxygens (including phenoxy) is 3. The van der Waals surface area contributed by atoms with E-state index >= 15 is 0 Å². The number of ketones is 1. The van der Waals surface area contributed by atoms with Crippen molar-refractivity contribution in [3.63, 3.8) is 0 Å². The van der Waals surface area contributed by atoms with Gasteiger partial charge >= 0.3 is 0 Å². The smallest absolute Gasteiger partial charge is 0.223 e. The topological polar surface area (TPSA) is 78.9 Å². The van der Waals surface area contributed by atoms with Crippen molar-refractivity contribution in [2.24, 2.45) is 0 Å². The molecule has 0 saturated heterocycles. The lowest BCUT2D eigenvalue weighted by molar-refractivity contribution is 0.103. The summed E-state index contributed by atoms with van der Waals surface area (Å²) in [7, 11) is 1.04. The zero-order chi connectivity index (χ0) is 24.3. The van der Waals surface area contributed by atoms with Gasteiger partial charge in [-0.2, -0.15) is 0 Å². The molecule has 172 valence electrons. The average molecular weight is 466 g/mol. The second-order valence-electron chi connectivity index (χ2n) is 7.69. The number of aryl methyl sites for hydroxylation is 3. The van der Waals surface area contributed by atoms with Gasteiger partial charge in [0.25, 0.3) is 0 Å². The van der Waals surface area contributed by atoms with Crippen LogP contribution in [0.25, 0.3) is 0 Å². The number of hydrogen-bond donors (Lipinski definition) is 0. The van der Waals surface area contributed by atoms with E-state index in [1.165, 1.54) is 27.4 Å². The Hall–Kier alpha value is -3.37. The highest BCUT2D eigenvalue weighted by Crippen LogP contribution is 2.43. The lowest BCUT2D eigenvalue weighted by atomic mass is 10.0. The molecule has 0 radical (unpaired) electrons. The first kappa shape index (κ1) is 24.3. The van der Waals surface area contributed by atoms with E-state index < -0.39 is 13.3 Å². The molecule has 0 N–H and O–H groups in total. The summed E-state index contributed by atoms with van der Waals surface area (Å²) < 4.78 is 30.2. The van der Waals surface area contributed by atoms with E-state index in [1.54, 1.807) is 30.3 Å². The number of hydrogen-bond acceptors (Lipinski definition) is 6. The largest absolute Gasteiger partial charge is 0.496 e. The summed E-state index contributed by atoms with van der Waals surface area (Å²) in [6, 6.07) is 13.8. The molecule has 33 heavy (non-hydrogen) atoms. The molecular formula is C26H27O6P. The van der Waals surface area contributed by atoms with Crippen LogP contribution in [0.3, 0.4) is 0 Å². The molecule has 1 atom stereocenters. The average Bonchev–Trinajstić information content (AvgIpc) is 2.81. The van der Waals surface area contributed by atoms with Crippen molar-refractivity contribution in [3.05, 3.63) is 81.9 Å². The Balaban J connectivity index is 2.26. The molecule has 3 aromatic carbocycles. The van der Waals surface area contributed by atoms with Gasteiger partial charge in [0.2, 0.25) is 11.3 Å². The SMILES string of the molecule is COc1cc(OC)c([PH](=O)C(=O)c2c(C)cc(C)cc2C)c(OC)c1C(=O)c1ccccc1. The highest BCUT2D eigenvalue weighted by molar-refractivity contribution is 7.72. The van der Waals surface area contributed by atoms with Crippen LogP contribution in [0, 0.1) is 20.8 Å². The zero-order valence-corrected chi connectivity index (χ0v) is 20.6. The number of methoxy groups -OCH3 is 3. The van der Waals surface area contributed by atoms with Gasteiger partial charge in [0.15, 0.2) is 7.80 Å². The number of carbonyl (C=O) groups is 2. The molecule has 7 heteroatoms. The predicted molar refractivity (Wildman–Crippen MR) is 130 cm³/mol. The third-order valence-electron chi connectivity index (χ3n) is 5.45. The zero-order valence-electron chi connectivity index (χ0n) is 19.6. The van der Waals surface area contributed by atoms with Gasteiger partial charge in [-0.25, -0.2) is 0 Å². The molecule has 0 heterocycles. The van der Waals surface area contributed by atoms with Gasteiger partial charge in [0.1, 0.15) is 28.1 Å². The van der Waals surface area contributed by atoms with Crippen LogP contribution in [-0.4, -0.2) is 32.6 Å². The van der Waals surface area contributed by atoms with Crippen molar-refractivity contribution in [3.8, 4) is 17.2 Å². The molecule has 0 saturated carbocycles. The maximum atomic E-state index is 13.7. The van der Waals surface area contributed by atoms with E-state index in [9.17, 15) is 14.2 Å². The summed E-state index contributed by atoms with van der Waals surface area (Å²) in [6.45, 7) is 5.57. The van der Waals surface area contributed by atoms with Crippen LogP contribution in [0.1, 0.15) is 43.0 Å². The van der Waals surface area contributed by atoms with E-state index in [4.69, 9.17) is 14.2 Å². The Morgan fingerprint density at radius 1 is 0.758 bits per heavy atom. The Bertz CT molecular complexity index is 1220. The predicted octanol–water partition coefficient (Wildman–Crippen LogP) is 4.89. The fraction of sp³-hybridized carbons (Fsp3) is 0.231. The number of benzene rings is 3. The summed E-state index contributed by atoms with van der Waals surface area (Å²) in [5, 5.41) is 0.0643. The number of rotatable bonds is 8. The van der Waals surface area contributed by atoms with Crippen LogP contribution in [0.15, 0.2) is 48.5 Å². The van der Waals surface area contributed by atoms with Gasteiger partial charge in [-0.3, -0.25) is 9.59 Å². The summed E-state index contributed by atoms with van der Waals surface area (Å²) in [4.78, 5) is 26.8. The molecule has 6 nitrogen and oxygen atoms in total. The molecule has 0 amide bonds. The van der Waals surface area contributed by atoms with Crippen molar-refractivity contribution in [1.82, 2.24) is 0 Å². The molecule has 1 unspecified atom stereocenters. The fourth-order valence-electron chi connectivity index (χ4n) is 4.07. The van der Waals surface area contributed by atoms with Gasteiger partial charge in [0, 0.05) is 17.2 Å². The minimum absolute atomic E-state index is 0.0136. The van der Waals surface area contributed by atoms with E-state index in [1.807, 2.05) is 32.9 Å². The van der Waals surface area contributed by atoms with E-state index in [-0.39, 0.29) is 33.9 Å². The summed E-state index contributed by atoms with van der Waals surface area (Å²) in [6.07, 6.45) is 0. The lowest BCUT2D eigenvalue weighted by Crippen LogP contribution is -2.17. The van der Waals surface area contributed by atoms with Crippen LogP contribution in [-0.2, 0) is 4.57 Å². The monoisotopic (exact) mass is 466 g/mol. The van der Waals surface area contributed by atoms with Crippen molar-refractivity contribution in [2.75, 3.05) is 21.3 Å². The Morgan fingerprint density at radius 2 is 1.33 bits per heavy atom. The van der Waals surface area contributed by atoms with Crippen molar-refractivity contribution >= 4 is 24.4 Å². The first-order valence-corrected chi connectivity index (χ1v) is 11.8. The first-order valence-electron chi connectivity index (χ1n) is 10.3. The van der Waals surface area contributed by atoms with Crippen LogP contribution < -0.4 is 19.5 Å². The molecule has 0 bridgehead atoms. The third kappa shape index (κ3) is 4.57. The molecule has 0 spiro atoms. The maximum absolute atomic E-state index is 13.7. The van der Waals surface area contributed by atoms with Crippen LogP contribution in [0.2, 0.25) is 0 Å². The second kappa shape index (κ2) is 10.1. The molecule has 0 aromatic heterocycles. The van der Waals surface area contributed by atoms with Gasteiger partial charge in [-0.1, -0.05) is 48.0 Å². The van der Waals surface area contributed by atoms with Gasteiger partial charge in [-0.15, -0.1) is 0 Å². The quantitative estimate of drug-likeness (QED) is 0.347. The fourth-order valence-corrected chi connectivity index (χ4v) is 5.75. The molecule has 0 aliphatic carbocycles. The van der Waals surface area contributed by atoms with E-state index in [0.29, 0.717) is 11.1 Å². The minimum Gasteiger partial charge on any atom is -0.496 e. The number of carbonyl (C=O) groups excluding carboxylic acids is 2. The Kier molecular flexibility index (Phi) is 7.39. The molecule has 0 fully saturated rings. The molecule has 0 aliphatic rings. The first-order chi connectivity index (χ1) is 15.7. The van der Waals surface area contributed by atoms with E-state index in [2.05, 4.69) is 0 Å². The highest BCUT2D eigenvalue weighted by Gasteiger charge is 2.32. The van der Waals surface area contributed by atoms with Crippen molar-refractivity contribution in [1.29, 1.82) is 0 Å². The van der Waals surface area contributed by atoms with Crippen molar-refractivity contribution in [2.45, 2.75) is 20.8 Å². The van der Waals surface area contributed by atoms with Crippen molar-refractivity contribution < 1.29 is 28.4 Å². The summed E-state index contributed by atoms with van der Waals surface area (Å²) in [5.74, 6) is -0.00271. The minimum atomic E-state index is -3.15. The van der Waals surface area contributed by atoms with E-state index in [0.717, 1.165) is 16.7 Å². The Morgan fingerprint density at radius 3 is 1.85 bits per heavy atom. The van der Waals surface area contributed by atoms with Gasteiger partial charge < -0.3 is 18.8 Å². The Labute approximate surface area is 194 Å². The molecular weight excluding hydrogens is 439 g/mol. The molecule has 3 aromatic rings. The van der Waals surface area contributed by atoms with Crippen LogP contribution in [0.4, 0.5) is 0 Å². The van der Waals surface area contributed by atoms with Crippen LogP contribution >= 0.6 is 7.80 Å². The third-order valence-corrected chi connectivity index (χ3v) is 7.04. The molecule has 3 rings (SSSR count). The maximum Gasteiger partial charge on any atom is 0.223 e. The summed E-state index contributed by atoms with van der Waals surface area (Å²) >= 11 is 0. The highest BCUT2D eigenvalue weighted by atomic mass is 31.1. The standard InChI is InChI=1S/C26H27O6P/c1-15-12-16(2)21(17(3)13-15)26(28)33(29)25-20(31-5)14-19(30-4)22(24(25)32-6)23(27)18-10-8-7-9-11-18/h7-14,33H,1-6H3.